The van der Waals surface area contributed by atoms with Crippen LogP contribution < -0.4 is 14.8 Å². The zero-order valence-corrected chi connectivity index (χ0v) is 14.8. The molecule has 0 aromatic heterocycles. The number of nitrogens with zero attached hydrogens (tertiary/aromatic N) is 1. The van der Waals surface area contributed by atoms with Gasteiger partial charge < -0.3 is 14.8 Å². The summed E-state index contributed by atoms with van der Waals surface area (Å²) < 4.78 is 11.1. The minimum Gasteiger partial charge on any atom is -0.493 e. The average Bonchev–Trinajstić information content (AvgIpc) is 3.33. The molecule has 2 aliphatic rings. The van der Waals surface area contributed by atoms with Crippen molar-refractivity contribution in [3.63, 3.8) is 0 Å². The fourth-order valence-electron chi connectivity index (χ4n) is 3.27. The SMILES string of the molecule is COc1cccc([C@@H](C2CC2)N2CCNCC2)c1OC.Cl.Cl. The lowest BCUT2D eigenvalue weighted by Crippen LogP contribution is -2.45. The van der Waals surface area contributed by atoms with Crippen molar-refractivity contribution < 1.29 is 9.47 Å². The van der Waals surface area contributed by atoms with Crippen molar-refractivity contribution in [3.8, 4) is 11.5 Å². The molecule has 1 aliphatic heterocycles. The minimum absolute atomic E-state index is 0. The van der Waals surface area contributed by atoms with Gasteiger partial charge in [-0.3, -0.25) is 4.90 Å². The van der Waals surface area contributed by atoms with Crippen LogP contribution in [0.25, 0.3) is 0 Å². The molecule has 1 N–H and O–H groups in total. The van der Waals surface area contributed by atoms with E-state index >= 15 is 0 Å². The number of ether oxygens (including phenoxy) is 2. The Morgan fingerprint density at radius 3 is 2.32 bits per heavy atom. The second-order valence-electron chi connectivity index (χ2n) is 5.65. The first-order valence-corrected chi connectivity index (χ1v) is 7.51. The zero-order valence-electron chi connectivity index (χ0n) is 13.2. The molecule has 4 nitrogen and oxygen atoms in total. The highest BCUT2D eigenvalue weighted by atomic mass is 35.5. The molecule has 0 unspecified atom stereocenters. The van der Waals surface area contributed by atoms with Crippen LogP contribution >= 0.6 is 24.8 Å². The molecule has 1 heterocycles. The van der Waals surface area contributed by atoms with E-state index in [0.29, 0.717) is 6.04 Å². The Labute approximate surface area is 145 Å². The van der Waals surface area contributed by atoms with Gasteiger partial charge in [-0.05, 0) is 24.8 Å². The molecule has 1 saturated carbocycles. The van der Waals surface area contributed by atoms with Crippen LogP contribution in [0.5, 0.6) is 11.5 Å². The second-order valence-corrected chi connectivity index (χ2v) is 5.65. The average molecular weight is 349 g/mol. The number of halogens is 2. The smallest absolute Gasteiger partial charge is 0.165 e. The fourth-order valence-corrected chi connectivity index (χ4v) is 3.27. The van der Waals surface area contributed by atoms with Gasteiger partial charge in [0.05, 0.1) is 14.2 Å². The third-order valence-corrected chi connectivity index (χ3v) is 4.37. The Kier molecular flexibility index (Phi) is 7.77. The Morgan fingerprint density at radius 1 is 1.09 bits per heavy atom. The van der Waals surface area contributed by atoms with E-state index in [4.69, 9.17) is 9.47 Å². The van der Waals surface area contributed by atoms with E-state index in [0.717, 1.165) is 43.6 Å². The summed E-state index contributed by atoms with van der Waals surface area (Å²) in [5.74, 6) is 2.52. The van der Waals surface area contributed by atoms with E-state index < -0.39 is 0 Å². The van der Waals surface area contributed by atoms with Crippen molar-refractivity contribution in [2.75, 3.05) is 40.4 Å². The fraction of sp³-hybridized carbons (Fsp3) is 0.625. The van der Waals surface area contributed by atoms with Gasteiger partial charge in [-0.1, -0.05) is 12.1 Å². The van der Waals surface area contributed by atoms with Crippen molar-refractivity contribution in [1.29, 1.82) is 0 Å². The van der Waals surface area contributed by atoms with Crippen molar-refractivity contribution in [2.24, 2.45) is 5.92 Å². The van der Waals surface area contributed by atoms with E-state index in [9.17, 15) is 0 Å². The van der Waals surface area contributed by atoms with Gasteiger partial charge in [0.15, 0.2) is 11.5 Å². The quantitative estimate of drug-likeness (QED) is 0.886. The van der Waals surface area contributed by atoms with Gasteiger partial charge in [-0.2, -0.15) is 0 Å². The Morgan fingerprint density at radius 2 is 1.77 bits per heavy atom. The molecule has 2 fully saturated rings. The monoisotopic (exact) mass is 348 g/mol. The number of hydrogen-bond acceptors (Lipinski definition) is 4. The van der Waals surface area contributed by atoms with E-state index in [2.05, 4.69) is 22.3 Å². The number of hydrogen-bond donors (Lipinski definition) is 1. The summed E-state index contributed by atoms with van der Waals surface area (Å²) in [7, 11) is 3.45. The first-order valence-electron chi connectivity index (χ1n) is 7.51. The van der Waals surface area contributed by atoms with Gasteiger partial charge in [0.25, 0.3) is 0 Å². The van der Waals surface area contributed by atoms with E-state index in [1.165, 1.54) is 18.4 Å². The number of para-hydroxylation sites is 1. The number of methoxy groups -OCH3 is 2. The lowest BCUT2D eigenvalue weighted by atomic mass is 9.98. The molecule has 1 atom stereocenters. The van der Waals surface area contributed by atoms with Gasteiger partial charge in [-0.15, -0.1) is 24.8 Å². The minimum atomic E-state index is 0. The van der Waals surface area contributed by atoms with Crippen molar-refractivity contribution >= 4 is 24.8 Å². The highest BCUT2D eigenvalue weighted by Crippen LogP contribution is 2.48. The molecule has 1 aliphatic carbocycles. The maximum atomic E-state index is 5.65. The van der Waals surface area contributed by atoms with Gasteiger partial charge in [0.1, 0.15) is 0 Å². The summed E-state index contributed by atoms with van der Waals surface area (Å²) in [6, 6.07) is 6.73. The highest BCUT2D eigenvalue weighted by Gasteiger charge is 2.38. The third kappa shape index (κ3) is 3.99. The topological polar surface area (TPSA) is 33.7 Å². The zero-order chi connectivity index (χ0) is 13.9. The van der Waals surface area contributed by atoms with Crippen LogP contribution in [0.3, 0.4) is 0 Å². The summed E-state index contributed by atoms with van der Waals surface area (Å²) in [6.07, 6.45) is 2.66. The lowest BCUT2D eigenvalue weighted by Gasteiger charge is -2.36. The molecule has 3 rings (SSSR count). The maximum absolute atomic E-state index is 5.65. The molecular formula is C16H26Cl2N2O2. The first kappa shape index (κ1) is 19.4. The first-order chi connectivity index (χ1) is 9.85. The van der Waals surface area contributed by atoms with E-state index in [1.807, 2.05) is 6.07 Å². The van der Waals surface area contributed by atoms with Gasteiger partial charge >= 0.3 is 0 Å². The van der Waals surface area contributed by atoms with Crippen LogP contribution in [-0.2, 0) is 0 Å². The molecule has 22 heavy (non-hydrogen) atoms. The number of piperazine rings is 1. The maximum Gasteiger partial charge on any atom is 0.165 e. The van der Waals surface area contributed by atoms with Crippen LogP contribution in [0.2, 0.25) is 0 Å². The van der Waals surface area contributed by atoms with Gasteiger partial charge in [0.2, 0.25) is 0 Å². The van der Waals surface area contributed by atoms with Gasteiger partial charge in [0, 0.05) is 37.8 Å². The summed E-state index contributed by atoms with van der Waals surface area (Å²) in [5, 5.41) is 3.43. The van der Waals surface area contributed by atoms with Crippen LogP contribution in [-0.4, -0.2) is 45.3 Å². The molecule has 0 bridgehead atoms. The predicted molar refractivity (Wildman–Crippen MR) is 93.9 cm³/mol. The lowest BCUT2D eigenvalue weighted by molar-refractivity contribution is 0.153. The molecule has 0 spiro atoms. The van der Waals surface area contributed by atoms with Crippen LogP contribution in [0, 0.1) is 5.92 Å². The molecule has 1 aromatic carbocycles. The number of rotatable bonds is 5. The molecule has 0 amide bonds. The van der Waals surface area contributed by atoms with Crippen LogP contribution in [0.15, 0.2) is 18.2 Å². The molecule has 0 radical (unpaired) electrons. The van der Waals surface area contributed by atoms with Crippen molar-refractivity contribution in [3.05, 3.63) is 23.8 Å². The number of nitrogens with one attached hydrogen (secondary N) is 1. The molecule has 126 valence electrons. The Hall–Kier alpha value is -0.680. The van der Waals surface area contributed by atoms with Crippen molar-refractivity contribution in [1.82, 2.24) is 10.2 Å². The normalized spacial score (nSPS) is 19.5. The number of benzene rings is 1. The van der Waals surface area contributed by atoms with E-state index in [-0.39, 0.29) is 24.8 Å². The van der Waals surface area contributed by atoms with Crippen LogP contribution in [0.4, 0.5) is 0 Å². The van der Waals surface area contributed by atoms with Crippen LogP contribution in [0.1, 0.15) is 24.4 Å². The Balaban J connectivity index is 0.00000121. The summed E-state index contributed by atoms with van der Waals surface area (Å²) in [4.78, 5) is 2.60. The van der Waals surface area contributed by atoms with Gasteiger partial charge in [-0.25, -0.2) is 0 Å². The largest absolute Gasteiger partial charge is 0.493 e. The molecule has 1 saturated heterocycles. The summed E-state index contributed by atoms with van der Waals surface area (Å²) in [6.45, 7) is 4.38. The standard InChI is InChI=1S/C16H24N2O2.2ClH/c1-19-14-5-3-4-13(16(14)20-2)15(12-6-7-12)18-10-8-17-9-11-18;;/h3-5,12,15,17H,6-11H2,1-2H3;2*1H/t15-;;/m1../s1. The van der Waals surface area contributed by atoms with E-state index in [1.54, 1.807) is 14.2 Å². The predicted octanol–water partition coefficient (Wildman–Crippen LogP) is 2.90. The summed E-state index contributed by atoms with van der Waals surface area (Å²) >= 11 is 0. The van der Waals surface area contributed by atoms with Crippen molar-refractivity contribution in [2.45, 2.75) is 18.9 Å². The molecular weight excluding hydrogens is 323 g/mol. The second kappa shape index (κ2) is 8.82. The molecule has 1 aromatic rings. The highest BCUT2D eigenvalue weighted by molar-refractivity contribution is 5.85. The Bertz CT molecular complexity index is 463. The third-order valence-electron chi connectivity index (χ3n) is 4.37. The summed E-state index contributed by atoms with van der Waals surface area (Å²) in [5.41, 5.74) is 1.29. The molecule has 6 heteroatoms.